The number of hydrogen-bond acceptors (Lipinski definition) is 4. The zero-order chi connectivity index (χ0) is 13.2. The second-order valence-electron chi connectivity index (χ2n) is 4.50. The van der Waals surface area contributed by atoms with Crippen LogP contribution in [0.5, 0.6) is 0 Å². The summed E-state index contributed by atoms with van der Waals surface area (Å²) >= 11 is 0. The summed E-state index contributed by atoms with van der Waals surface area (Å²) in [5, 5.41) is 7.98. The minimum atomic E-state index is 0.626. The van der Waals surface area contributed by atoms with Crippen LogP contribution in [-0.4, -0.2) is 26.1 Å². The number of hydrogen-bond donors (Lipinski definition) is 1. The van der Waals surface area contributed by atoms with E-state index in [4.69, 9.17) is 5.73 Å². The van der Waals surface area contributed by atoms with Gasteiger partial charge >= 0.3 is 0 Å². The summed E-state index contributed by atoms with van der Waals surface area (Å²) in [6.45, 7) is 2.59. The van der Waals surface area contributed by atoms with Crippen LogP contribution >= 0.6 is 0 Å². The highest BCUT2D eigenvalue weighted by Gasteiger charge is 2.04. The third-order valence-electron chi connectivity index (χ3n) is 3.16. The van der Waals surface area contributed by atoms with Crippen molar-refractivity contribution in [2.24, 2.45) is 5.73 Å². The fourth-order valence-electron chi connectivity index (χ4n) is 2.08. The van der Waals surface area contributed by atoms with Crippen molar-refractivity contribution in [3.8, 4) is 11.1 Å². The zero-order valence-electron chi connectivity index (χ0n) is 10.7. The fourth-order valence-corrected chi connectivity index (χ4v) is 2.08. The predicted molar refractivity (Wildman–Crippen MR) is 73.7 cm³/mol. The van der Waals surface area contributed by atoms with Crippen LogP contribution in [0.25, 0.3) is 16.9 Å². The summed E-state index contributed by atoms with van der Waals surface area (Å²) in [4.78, 5) is 4.31. The molecule has 0 saturated heterocycles. The normalized spacial score (nSPS) is 11.1. The number of fused-ring (bicyclic) bond motifs is 1. The Bertz CT molecular complexity index is 699. The maximum Gasteiger partial charge on any atom is 0.254 e. The van der Waals surface area contributed by atoms with Gasteiger partial charge in [0.15, 0.2) is 0 Å². The van der Waals surface area contributed by atoms with Crippen LogP contribution in [0.2, 0.25) is 0 Å². The Balaban J connectivity index is 2.00. The Morgan fingerprint density at radius 1 is 1.11 bits per heavy atom. The van der Waals surface area contributed by atoms with Crippen LogP contribution in [0.1, 0.15) is 11.4 Å². The monoisotopic (exact) mass is 253 g/mol. The molecule has 2 N–H and O–H groups in total. The van der Waals surface area contributed by atoms with E-state index in [-0.39, 0.29) is 0 Å². The van der Waals surface area contributed by atoms with Gasteiger partial charge in [-0.1, -0.05) is 24.3 Å². The summed E-state index contributed by atoms with van der Waals surface area (Å²) in [5.41, 5.74) is 8.98. The average molecular weight is 253 g/mol. The highest BCUT2D eigenvalue weighted by molar-refractivity contribution is 5.62. The van der Waals surface area contributed by atoms with Crippen molar-refractivity contribution in [3.63, 3.8) is 0 Å². The van der Waals surface area contributed by atoms with Crippen molar-refractivity contribution < 1.29 is 0 Å². The maximum atomic E-state index is 5.55. The molecular weight excluding hydrogens is 238 g/mol. The van der Waals surface area contributed by atoms with Gasteiger partial charge in [-0.15, -0.1) is 10.2 Å². The lowest BCUT2D eigenvalue weighted by molar-refractivity contribution is 0.969. The first-order chi connectivity index (χ1) is 9.28. The summed E-state index contributed by atoms with van der Waals surface area (Å²) in [7, 11) is 0. The molecule has 96 valence electrons. The van der Waals surface area contributed by atoms with E-state index < -0.39 is 0 Å². The van der Waals surface area contributed by atoms with Gasteiger partial charge in [0.1, 0.15) is 5.82 Å². The molecule has 0 radical (unpaired) electrons. The van der Waals surface area contributed by atoms with E-state index in [1.807, 2.05) is 23.7 Å². The molecule has 0 spiro atoms. The fraction of sp³-hybridized carbons (Fsp3) is 0.214. The number of aromatic nitrogens is 4. The summed E-state index contributed by atoms with van der Waals surface area (Å²) in [6, 6.07) is 8.39. The second-order valence-corrected chi connectivity index (χ2v) is 4.50. The number of nitrogens with zero attached hydrogens (tertiary/aromatic N) is 4. The Morgan fingerprint density at radius 3 is 2.63 bits per heavy atom. The van der Waals surface area contributed by atoms with Crippen LogP contribution < -0.4 is 5.73 Å². The lowest BCUT2D eigenvalue weighted by atomic mass is 10.1. The maximum absolute atomic E-state index is 5.55. The van der Waals surface area contributed by atoms with Crippen molar-refractivity contribution in [1.82, 2.24) is 19.6 Å². The summed E-state index contributed by atoms with van der Waals surface area (Å²) in [5.74, 6) is 1.46. The smallest absolute Gasteiger partial charge is 0.254 e. The molecule has 0 unspecified atom stereocenters. The molecule has 0 aliphatic carbocycles. The minimum Gasteiger partial charge on any atom is -0.330 e. The van der Waals surface area contributed by atoms with E-state index in [9.17, 15) is 0 Å². The molecule has 5 heteroatoms. The van der Waals surface area contributed by atoms with Crippen LogP contribution in [0, 0.1) is 6.92 Å². The lowest BCUT2D eigenvalue weighted by Gasteiger charge is -2.04. The number of aryl methyl sites for hydroxylation is 1. The van der Waals surface area contributed by atoms with E-state index in [0.717, 1.165) is 23.4 Å². The van der Waals surface area contributed by atoms with Crippen molar-refractivity contribution in [2.75, 3.05) is 6.54 Å². The molecule has 5 nitrogen and oxygen atoms in total. The molecule has 0 bridgehead atoms. The zero-order valence-corrected chi connectivity index (χ0v) is 10.7. The third-order valence-corrected chi connectivity index (χ3v) is 3.16. The van der Waals surface area contributed by atoms with Crippen LogP contribution in [0.3, 0.4) is 0 Å². The molecule has 2 aromatic heterocycles. The van der Waals surface area contributed by atoms with E-state index in [2.05, 4.69) is 39.4 Å². The first-order valence-corrected chi connectivity index (χ1v) is 6.24. The van der Waals surface area contributed by atoms with Gasteiger partial charge in [0, 0.05) is 18.0 Å². The molecule has 1 aromatic carbocycles. The molecular formula is C14H15N5. The van der Waals surface area contributed by atoms with Crippen LogP contribution in [-0.2, 0) is 6.42 Å². The van der Waals surface area contributed by atoms with E-state index >= 15 is 0 Å². The highest BCUT2D eigenvalue weighted by Crippen LogP contribution is 2.19. The minimum absolute atomic E-state index is 0.626. The van der Waals surface area contributed by atoms with E-state index in [0.29, 0.717) is 12.3 Å². The van der Waals surface area contributed by atoms with Crippen molar-refractivity contribution >= 4 is 5.78 Å². The van der Waals surface area contributed by atoms with Crippen molar-refractivity contribution in [2.45, 2.75) is 13.3 Å². The van der Waals surface area contributed by atoms with Gasteiger partial charge in [0.05, 0.1) is 0 Å². The first-order valence-electron chi connectivity index (χ1n) is 6.24. The highest BCUT2D eigenvalue weighted by atomic mass is 15.3. The van der Waals surface area contributed by atoms with Crippen LogP contribution in [0.15, 0.2) is 36.7 Å². The number of rotatable bonds is 3. The topological polar surface area (TPSA) is 69.1 Å². The third kappa shape index (κ3) is 2.20. The van der Waals surface area contributed by atoms with Gasteiger partial charge in [-0.2, -0.15) is 0 Å². The second kappa shape index (κ2) is 4.78. The van der Waals surface area contributed by atoms with Gasteiger partial charge in [-0.25, -0.2) is 4.98 Å². The molecule has 3 rings (SSSR count). The molecule has 0 aliphatic rings. The molecule has 0 amide bonds. The van der Waals surface area contributed by atoms with Gasteiger partial charge in [0.25, 0.3) is 5.78 Å². The lowest BCUT2D eigenvalue weighted by Crippen LogP contribution is -2.02. The molecule has 0 aliphatic heterocycles. The standard InChI is InChI=1S/C14H15N5/c1-10-17-18-14-16-8-13(9-19(10)14)12-4-2-11(3-5-12)6-7-15/h2-5,8-9H,6-7,15H2,1H3. The largest absolute Gasteiger partial charge is 0.330 e. The summed E-state index contributed by atoms with van der Waals surface area (Å²) in [6.07, 6.45) is 4.74. The van der Waals surface area contributed by atoms with E-state index in [1.54, 1.807) is 0 Å². The summed E-state index contributed by atoms with van der Waals surface area (Å²) < 4.78 is 1.89. The van der Waals surface area contributed by atoms with E-state index in [1.165, 1.54) is 5.56 Å². The van der Waals surface area contributed by atoms with Gasteiger partial charge in [-0.3, -0.25) is 4.40 Å². The quantitative estimate of drug-likeness (QED) is 0.769. The molecule has 19 heavy (non-hydrogen) atoms. The molecule has 0 fully saturated rings. The Morgan fingerprint density at radius 2 is 1.89 bits per heavy atom. The Hall–Kier alpha value is -2.27. The Labute approximate surface area is 111 Å². The van der Waals surface area contributed by atoms with Crippen molar-refractivity contribution in [1.29, 1.82) is 0 Å². The SMILES string of the molecule is Cc1nnc2ncc(-c3ccc(CCN)cc3)cn12. The Kier molecular flexibility index (Phi) is 2.97. The first kappa shape index (κ1) is 11.8. The number of benzene rings is 1. The van der Waals surface area contributed by atoms with Crippen LogP contribution in [0.4, 0.5) is 0 Å². The predicted octanol–water partition coefficient (Wildman–Crippen LogP) is 1.60. The van der Waals surface area contributed by atoms with Crippen molar-refractivity contribution in [3.05, 3.63) is 48.0 Å². The molecule has 2 heterocycles. The van der Waals surface area contributed by atoms with Gasteiger partial charge in [0.2, 0.25) is 0 Å². The molecule has 0 atom stereocenters. The van der Waals surface area contributed by atoms with Gasteiger partial charge in [-0.05, 0) is 31.0 Å². The average Bonchev–Trinajstić information content (AvgIpc) is 2.81. The molecule has 3 aromatic rings. The number of nitrogens with two attached hydrogens (primary N) is 1. The van der Waals surface area contributed by atoms with Gasteiger partial charge < -0.3 is 5.73 Å². The molecule has 0 saturated carbocycles.